The number of hydrogen-bond acceptors (Lipinski definition) is 6. The molecular formula is C26H24FN3O4. The number of methoxy groups -OCH3 is 2. The zero-order valence-corrected chi connectivity index (χ0v) is 19.3. The van der Waals surface area contributed by atoms with Crippen LogP contribution >= 0.6 is 0 Å². The molecule has 0 radical (unpaired) electrons. The van der Waals surface area contributed by atoms with Crippen LogP contribution in [-0.2, 0) is 9.59 Å². The van der Waals surface area contributed by atoms with Gasteiger partial charge >= 0.3 is 0 Å². The maximum atomic E-state index is 13.6. The Kier molecular flexibility index (Phi) is 6.23. The van der Waals surface area contributed by atoms with Crippen molar-refractivity contribution in [1.29, 1.82) is 0 Å². The largest absolute Gasteiger partial charge is 0.497 e. The lowest BCUT2D eigenvalue weighted by atomic mass is 10.0. The Bertz CT molecular complexity index is 1260. The fraction of sp³-hybridized carbons (Fsp3) is 0.154. The first-order valence-electron chi connectivity index (χ1n) is 10.5. The summed E-state index contributed by atoms with van der Waals surface area (Å²) >= 11 is 0. The average molecular weight is 461 g/mol. The first-order valence-corrected chi connectivity index (χ1v) is 10.5. The van der Waals surface area contributed by atoms with Gasteiger partial charge in [-0.15, -0.1) is 0 Å². The molecule has 1 heterocycles. The van der Waals surface area contributed by atoms with E-state index in [4.69, 9.17) is 9.47 Å². The minimum Gasteiger partial charge on any atom is -0.497 e. The molecule has 34 heavy (non-hydrogen) atoms. The Morgan fingerprint density at radius 3 is 2.09 bits per heavy atom. The summed E-state index contributed by atoms with van der Waals surface area (Å²) in [5.41, 5.74) is 2.39. The maximum Gasteiger partial charge on any atom is 0.282 e. The predicted octanol–water partition coefficient (Wildman–Crippen LogP) is 4.31. The summed E-state index contributed by atoms with van der Waals surface area (Å²) in [6.45, 7) is 0. The van der Waals surface area contributed by atoms with Crippen molar-refractivity contribution in [2.45, 2.75) is 0 Å². The van der Waals surface area contributed by atoms with Gasteiger partial charge in [0, 0.05) is 43.7 Å². The lowest BCUT2D eigenvalue weighted by Gasteiger charge is -2.19. The molecule has 3 aromatic rings. The van der Waals surface area contributed by atoms with Crippen LogP contribution in [0.1, 0.15) is 5.56 Å². The van der Waals surface area contributed by atoms with E-state index in [1.54, 1.807) is 36.4 Å². The number of nitrogens with one attached hydrogen (secondary N) is 1. The van der Waals surface area contributed by atoms with E-state index in [-0.39, 0.29) is 11.3 Å². The van der Waals surface area contributed by atoms with Gasteiger partial charge in [-0.2, -0.15) is 0 Å². The highest BCUT2D eigenvalue weighted by Gasteiger charge is 2.40. The number of carbonyl (C=O) groups is 2. The molecule has 8 heteroatoms. The summed E-state index contributed by atoms with van der Waals surface area (Å²) in [6.07, 6.45) is 0. The lowest BCUT2D eigenvalue weighted by Crippen LogP contribution is -2.32. The summed E-state index contributed by atoms with van der Waals surface area (Å²) < 4.78 is 24.2. The average Bonchev–Trinajstić information content (AvgIpc) is 3.08. The molecule has 174 valence electrons. The van der Waals surface area contributed by atoms with E-state index in [2.05, 4.69) is 5.32 Å². The van der Waals surface area contributed by atoms with E-state index in [9.17, 15) is 14.0 Å². The molecule has 0 saturated carbocycles. The maximum absolute atomic E-state index is 13.6. The van der Waals surface area contributed by atoms with Gasteiger partial charge in [-0.05, 0) is 35.9 Å². The van der Waals surface area contributed by atoms with Crippen molar-refractivity contribution in [3.05, 3.63) is 83.8 Å². The summed E-state index contributed by atoms with van der Waals surface area (Å²) in [4.78, 5) is 30.2. The van der Waals surface area contributed by atoms with Crippen molar-refractivity contribution in [3.63, 3.8) is 0 Å². The van der Waals surface area contributed by atoms with E-state index in [1.165, 1.54) is 38.5 Å². The second kappa shape index (κ2) is 9.27. The van der Waals surface area contributed by atoms with Gasteiger partial charge < -0.3 is 19.7 Å². The lowest BCUT2D eigenvalue weighted by molar-refractivity contribution is -0.120. The van der Waals surface area contributed by atoms with E-state index in [0.29, 0.717) is 28.4 Å². The van der Waals surface area contributed by atoms with Crippen LogP contribution in [0, 0.1) is 5.82 Å². The van der Waals surface area contributed by atoms with E-state index >= 15 is 0 Å². The van der Waals surface area contributed by atoms with Crippen LogP contribution in [-0.4, -0.2) is 40.1 Å². The van der Waals surface area contributed by atoms with Crippen LogP contribution in [0.5, 0.6) is 11.5 Å². The number of imide groups is 1. The molecule has 0 aromatic heterocycles. The van der Waals surface area contributed by atoms with Gasteiger partial charge in [0.25, 0.3) is 11.8 Å². The Labute approximate surface area is 197 Å². The smallest absolute Gasteiger partial charge is 0.282 e. The number of rotatable bonds is 7. The number of carbonyl (C=O) groups excluding carboxylic acids is 2. The third-order valence-electron chi connectivity index (χ3n) is 5.44. The fourth-order valence-corrected chi connectivity index (χ4v) is 3.70. The summed E-state index contributed by atoms with van der Waals surface area (Å²) in [5.74, 6) is -0.452. The van der Waals surface area contributed by atoms with Crippen LogP contribution in [0.25, 0.3) is 5.57 Å². The fourth-order valence-electron chi connectivity index (χ4n) is 3.70. The molecular weight excluding hydrogens is 437 g/mol. The number of nitrogens with zero attached hydrogens (tertiary/aromatic N) is 2. The zero-order valence-electron chi connectivity index (χ0n) is 19.3. The normalized spacial score (nSPS) is 13.4. The number of benzene rings is 3. The number of amides is 2. The van der Waals surface area contributed by atoms with Crippen molar-refractivity contribution in [2.24, 2.45) is 0 Å². The third-order valence-corrected chi connectivity index (χ3v) is 5.44. The highest BCUT2D eigenvalue weighted by atomic mass is 19.1. The Balaban J connectivity index is 1.83. The van der Waals surface area contributed by atoms with Gasteiger partial charge in [0.05, 0.1) is 25.5 Å². The van der Waals surface area contributed by atoms with E-state index < -0.39 is 17.6 Å². The zero-order chi connectivity index (χ0) is 24.4. The van der Waals surface area contributed by atoms with Crippen molar-refractivity contribution >= 4 is 34.4 Å². The Hall–Kier alpha value is -4.33. The molecule has 0 unspecified atom stereocenters. The highest BCUT2D eigenvalue weighted by Crippen LogP contribution is 2.36. The molecule has 0 atom stereocenters. The molecule has 0 aliphatic carbocycles. The van der Waals surface area contributed by atoms with Crippen molar-refractivity contribution < 1.29 is 23.5 Å². The van der Waals surface area contributed by atoms with Gasteiger partial charge in [-0.1, -0.05) is 18.2 Å². The van der Waals surface area contributed by atoms with Crippen LogP contribution < -0.4 is 24.6 Å². The van der Waals surface area contributed by atoms with Crippen molar-refractivity contribution in [2.75, 3.05) is 43.4 Å². The minimum absolute atomic E-state index is 0.0715. The molecule has 0 fully saturated rings. The number of hydrogen-bond donors (Lipinski definition) is 1. The summed E-state index contributed by atoms with van der Waals surface area (Å²) in [7, 11) is 6.78. The second-order valence-corrected chi connectivity index (χ2v) is 7.84. The molecule has 0 bridgehead atoms. The van der Waals surface area contributed by atoms with Gasteiger partial charge in [-0.25, -0.2) is 9.29 Å². The van der Waals surface area contributed by atoms with Crippen molar-refractivity contribution in [3.8, 4) is 11.5 Å². The second-order valence-electron chi connectivity index (χ2n) is 7.84. The summed E-state index contributed by atoms with van der Waals surface area (Å²) in [6, 6.07) is 17.6. The van der Waals surface area contributed by atoms with Crippen LogP contribution in [0.4, 0.5) is 21.5 Å². The molecule has 0 saturated heterocycles. The van der Waals surface area contributed by atoms with Gasteiger partial charge in [0.15, 0.2) is 0 Å². The molecule has 0 spiro atoms. The molecule has 2 amide bonds. The molecule has 7 nitrogen and oxygen atoms in total. The highest BCUT2D eigenvalue weighted by molar-refractivity contribution is 6.46. The Morgan fingerprint density at radius 2 is 1.50 bits per heavy atom. The van der Waals surface area contributed by atoms with Gasteiger partial charge in [0.1, 0.15) is 23.0 Å². The van der Waals surface area contributed by atoms with Gasteiger partial charge in [-0.3, -0.25) is 9.59 Å². The molecule has 4 rings (SSSR count). The van der Waals surface area contributed by atoms with E-state index in [0.717, 1.165) is 10.6 Å². The predicted molar refractivity (Wildman–Crippen MR) is 130 cm³/mol. The molecule has 1 aliphatic rings. The molecule has 3 aromatic carbocycles. The first-order chi connectivity index (χ1) is 16.3. The monoisotopic (exact) mass is 461 g/mol. The Morgan fingerprint density at radius 1 is 0.853 bits per heavy atom. The van der Waals surface area contributed by atoms with Gasteiger partial charge in [0.2, 0.25) is 0 Å². The summed E-state index contributed by atoms with van der Waals surface area (Å²) in [5, 5.41) is 3.07. The standard InChI is InChI=1S/C26H24FN3O4/c1-29(2)19-6-5-7-20(14-19)30-25(31)23(16-8-10-17(27)11-9-16)24(26(30)32)28-18-12-21(33-3)15-22(13-18)34-4/h5-15,28H,1-4H3. The van der Waals surface area contributed by atoms with Crippen LogP contribution in [0.15, 0.2) is 72.4 Å². The van der Waals surface area contributed by atoms with Crippen LogP contribution in [0.3, 0.4) is 0 Å². The number of ether oxygens (including phenoxy) is 2. The van der Waals surface area contributed by atoms with Crippen molar-refractivity contribution in [1.82, 2.24) is 0 Å². The number of halogens is 1. The molecule has 1 aliphatic heterocycles. The first kappa shape index (κ1) is 22.8. The number of anilines is 3. The topological polar surface area (TPSA) is 71.1 Å². The van der Waals surface area contributed by atoms with E-state index in [1.807, 2.05) is 25.1 Å². The minimum atomic E-state index is -0.526. The quantitative estimate of drug-likeness (QED) is 0.529. The SMILES string of the molecule is COc1cc(NC2=C(c3ccc(F)cc3)C(=O)N(c3cccc(N(C)C)c3)C2=O)cc(OC)c1. The molecule has 1 N–H and O–H groups in total. The van der Waals surface area contributed by atoms with Crippen LogP contribution in [0.2, 0.25) is 0 Å². The third kappa shape index (κ3) is 4.30.